The summed E-state index contributed by atoms with van der Waals surface area (Å²) in [4.78, 5) is 15.0. The van der Waals surface area contributed by atoms with E-state index in [4.69, 9.17) is 4.74 Å². The quantitative estimate of drug-likeness (QED) is 0.700. The van der Waals surface area contributed by atoms with Gasteiger partial charge in [-0.15, -0.1) is 0 Å². The van der Waals surface area contributed by atoms with Crippen LogP contribution in [0.2, 0.25) is 0 Å². The van der Waals surface area contributed by atoms with Gasteiger partial charge in [0.2, 0.25) is 5.88 Å². The van der Waals surface area contributed by atoms with Crippen LogP contribution < -0.4 is 4.74 Å². The molecule has 0 saturated heterocycles. The van der Waals surface area contributed by atoms with Crippen LogP contribution in [-0.2, 0) is 11.3 Å². The van der Waals surface area contributed by atoms with Gasteiger partial charge in [0.1, 0.15) is 0 Å². The highest BCUT2D eigenvalue weighted by Gasteiger charge is 2.05. The lowest BCUT2D eigenvalue weighted by molar-refractivity contribution is -0.134. The lowest BCUT2D eigenvalue weighted by atomic mass is 10.1. The van der Waals surface area contributed by atoms with Crippen LogP contribution in [-0.4, -0.2) is 15.5 Å². The average Bonchev–Trinajstić information content (AvgIpc) is 2.62. The number of imidazole rings is 1. The fourth-order valence-corrected chi connectivity index (χ4v) is 1.11. The van der Waals surface area contributed by atoms with Gasteiger partial charge in [0.25, 0.3) is 0 Å². The molecule has 0 bridgehead atoms. The molecule has 1 heterocycles. The van der Waals surface area contributed by atoms with Crippen molar-refractivity contribution >= 4 is 5.97 Å². The van der Waals surface area contributed by atoms with Crippen LogP contribution in [0.4, 0.5) is 0 Å². The van der Waals surface area contributed by atoms with E-state index in [0.717, 1.165) is 13.0 Å². The van der Waals surface area contributed by atoms with Crippen molar-refractivity contribution in [3.63, 3.8) is 0 Å². The van der Waals surface area contributed by atoms with Gasteiger partial charge in [-0.25, -0.2) is 4.98 Å². The van der Waals surface area contributed by atoms with Gasteiger partial charge in [-0.05, 0) is 12.3 Å². The fraction of sp³-hybridized carbons (Fsp3) is 0.636. The molecule has 0 N–H and O–H groups in total. The Balaban J connectivity index is 2.45. The Bertz CT molecular complexity index is 318. The molecule has 0 aliphatic carbocycles. The van der Waals surface area contributed by atoms with Gasteiger partial charge in [0.15, 0.2) is 0 Å². The summed E-state index contributed by atoms with van der Waals surface area (Å²) < 4.78 is 6.92. The van der Waals surface area contributed by atoms with Gasteiger partial charge < -0.3 is 9.30 Å². The molecule has 0 aliphatic rings. The molecule has 1 aromatic heterocycles. The number of carbonyl (C=O) groups is 1. The predicted octanol–water partition coefficient (Wildman–Crippen LogP) is 2.24. The lowest BCUT2D eigenvalue weighted by Crippen LogP contribution is -2.05. The number of rotatable bonds is 5. The maximum absolute atomic E-state index is 11.0. The summed E-state index contributed by atoms with van der Waals surface area (Å²) in [5.41, 5.74) is 0. The van der Waals surface area contributed by atoms with E-state index in [9.17, 15) is 4.79 Å². The number of aryl methyl sites for hydroxylation is 1. The van der Waals surface area contributed by atoms with Crippen LogP contribution in [0.15, 0.2) is 12.5 Å². The number of ether oxygens (including phenoxy) is 1. The van der Waals surface area contributed by atoms with Crippen LogP contribution >= 0.6 is 0 Å². The summed E-state index contributed by atoms with van der Waals surface area (Å²) in [6.07, 6.45) is 4.92. The minimum absolute atomic E-state index is 0.246. The van der Waals surface area contributed by atoms with Crippen molar-refractivity contribution in [1.29, 1.82) is 0 Å². The lowest BCUT2D eigenvalue weighted by Gasteiger charge is -2.04. The average molecular weight is 210 g/mol. The third-order valence-electron chi connectivity index (χ3n) is 2.08. The summed E-state index contributed by atoms with van der Waals surface area (Å²) in [6.45, 7) is 7.02. The van der Waals surface area contributed by atoms with Crippen LogP contribution in [0.25, 0.3) is 0 Å². The first-order valence-corrected chi connectivity index (χ1v) is 5.34. The molecular weight excluding hydrogens is 192 g/mol. The Morgan fingerprint density at radius 2 is 2.33 bits per heavy atom. The van der Waals surface area contributed by atoms with Gasteiger partial charge in [-0.2, -0.15) is 0 Å². The van der Waals surface area contributed by atoms with Crippen LogP contribution in [0.1, 0.15) is 33.6 Å². The number of hydrogen-bond donors (Lipinski definition) is 0. The maximum Gasteiger partial charge on any atom is 0.312 e. The third-order valence-corrected chi connectivity index (χ3v) is 2.08. The molecule has 0 saturated carbocycles. The van der Waals surface area contributed by atoms with Crippen LogP contribution in [0.5, 0.6) is 5.88 Å². The zero-order valence-electron chi connectivity index (χ0n) is 9.56. The topological polar surface area (TPSA) is 44.1 Å². The highest BCUT2D eigenvalue weighted by molar-refractivity contribution is 5.71. The second-order valence-electron chi connectivity index (χ2n) is 3.96. The minimum Gasteiger partial charge on any atom is -0.406 e. The van der Waals surface area contributed by atoms with E-state index in [1.807, 2.05) is 4.57 Å². The first-order valence-electron chi connectivity index (χ1n) is 5.34. The second-order valence-corrected chi connectivity index (χ2v) is 3.96. The molecule has 1 aromatic rings. The van der Waals surface area contributed by atoms with E-state index in [0.29, 0.717) is 18.2 Å². The van der Waals surface area contributed by atoms with E-state index in [2.05, 4.69) is 18.8 Å². The van der Waals surface area contributed by atoms with E-state index in [1.165, 1.54) is 0 Å². The van der Waals surface area contributed by atoms with Crippen molar-refractivity contribution in [2.45, 2.75) is 40.2 Å². The highest BCUT2D eigenvalue weighted by Crippen LogP contribution is 2.09. The maximum atomic E-state index is 11.0. The molecule has 0 aromatic carbocycles. The SMILES string of the molecule is CCC(=O)Oc1cn(CCC(C)C)cn1. The molecule has 0 unspecified atom stereocenters. The Morgan fingerprint density at radius 3 is 2.93 bits per heavy atom. The third kappa shape index (κ3) is 4.14. The molecule has 0 aliphatic heterocycles. The first kappa shape index (κ1) is 11.8. The molecule has 84 valence electrons. The molecule has 0 spiro atoms. The van der Waals surface area contributed by atoms with Crippen molar-refractivity contribution in [1.82, 2.24) is 9.55 Å². The number of nitrogens with zero attached hydrogens (tertiary/aromatic N) is 2. The molecule has 1 rings (SSSR count). The normalized spacial score (nSPS) is 10.7. The molecular formula is C11H18N2O2. The summed E-state index contributed by atoms with van der Waals surface area (Å²) >= 11 is 0. The fourth-order valence-electron chi connectivity index (χ4n) is 1.11. The molecule has 15 heavy (non-hydrogen) atoms. The largest absolute Gasteiger partial charge is 0.406 e. The van der Waals surface area contributed by atoms with Gasteiger partial charge in [0, 0.05) is 13.0 Å². The zero-order chi connectivity index (χ0) is 11.3. The van der Waals surface area contributed by atoms with Crippen molar-refractivity contribution in [3.8, 4) is 5.88 Å². The Kier molecular flexibility index (Phi) is 4.34. The Labute approximate surface area is 90.3 Å². The standard InChI is InChI=1S/C11H18N2O2/c1-4-11(14)15-10-7-13(8-12-10)6-5-9(2)3/h7-9H,4-6H2,1-3H3. The molecule has 0 fully saturated rings. The number of hydrogen-bond acceptors (Lipinski definition) is 3. The number of aromatic nitrogens is 2. The summed E-state index contributed by atoms with van der Waals surface area (Å²) in [5, 5.41) is 0. The molecule has 0 amide bonds. The number of esters is 1. The highest BCUT2D eigenvalue weighted by atomic mass is 16.5. The van der Waals surface area contributed by atoms with Gasteiger partial charge in [-0.1, -0.05) is 20.8 Å². The number of carbonyl (C=O) groups excluding carboxylic acids is 1. The molecule has 0 radical (unpaired) electrons. The first-order chi connectivity index (χ1) is 7.11. The van der Waals surface area contributed by atoms with Crippen molar-refractivity contribution < 1.29 is 9.53 Å². The Hall–Kier alpha value is -1.32. The molecule has 4 heteroatoms. The minimum atomic E-state index is -0.246. The van der Waals surface area contributed by atoms with Crippen molar-refractivity contribution in [3.05, 3.63) is 12.5 Å². The van der Waals surface area contributed by atoms with Crippen molar-refractivity contribution in [2.75, 3.05) is 0 Å². The summed E-state index contributed by atoms with van der Waals surface area (Å²) in [6, 6.07) is 0. The second kappa shape index (κ2) is 5.53. The predicted molar refractivity (Wildman–Crippen MR) is 57.6 cm³/mol. The van der Waals surface area contributed by atoms with Crippen molar-refractivity contribution in [2.24, 2.45) is 5.92 Å². The monoisotopic (exact) mass is 210 g/mol. The molecule has 4 nitrogen and oxygen atoms in total. The van der Waals surface area contributed by atoms with Gasteiger partial charge in [-0.3, -0.25) is 4.79 Å². The van der Waals surface area contributed by atoms with E-state index in [-0.39, 0.29) is 5.97 Å². The van der Waals surface area contributed by atoms with Crippen LogP contribution in [0, 0.1) is 5.92 Å². The smallest absolute Gasteiger partial charge is 0.312 e. The van der Waals surface area contributed by atoms with Gasteiger partial charge >= 0.3 is 5.97 Å². The van der Waals surface area contributed by atoms with E-state index < -0.39 is 0 Å². The summed E-state index contributed by atoms with van der Waals surface area (Å²) in [5.74, 6) is 0.809. The van der Waals surface area contributed by atoms with E-state index >= 15 is 0 Å². The Morgan fingerprint density at radius 1 is 1.60 bits per heavy atom. The summed E-state index contributed by atoms with van der Waals surface area (Å²) in [7, 11) is 0. The van der Waals surface area contributed by atoms with Crippen LogP contribution in [0.3, 0.4) is 0 Å². The zero-order valence-corrected chi connectivity index (χ0v) is 9.56. The van der Waals surface area contributed by atoms with E-state index in [1.54, 1.807) is 19.4 Å². The van der Waals surface area contributed by atoms with Gasteiger partial charge in [0.05, 0.1) is 12.5 Å². The molecule has 0 atom stereocenters.